The van der Waals surface area contributed by atoms with E-state index in [1.165, 1.54) is 0 Å². The highest BCUT2D eigenvalue weighted by Crippen LogP contribution is 2.07. The summed E-state index contributed by atoms with van der Waals surface area (Å²) in [6.45, 7) is 7.34. The molecule has 0 aliphatic rings. The zero-order valence-corrected chi connectivity index (χ0v) is 7.59. The Morgan fingerprint density at radius 3 is 2.25 bits per heavy atom. The first kappa shape index (κ1) is 10.9. The van der Waals surface area contributed by atoms with E-state index in [1.807, 2.05) is 13.8 Å². The topological polar surface area (TPSA) is 60.2 Å². The van der Waals surface area contributed by atoms with Gasteiger partial charge in [-0.15, -0.1) is 0 Å². The third kappa shape index (κ3) is 3.91. The van der Waals surface area contributed by atoms with Crippen LogP contribution >= 0.6 is 0 Å². The number of nitrogens with two attached hydrogens (primary N) is 1. The summed E-state index contributed by atoms with van der Waals surface area (Å²) < 4.78 is 0. The van der Waals surface area contributed by atoms with Gasteiger partial charge in [0, 0.05) is 6.42 Å². The minimum absolute atomic E-state index is 0.0874. The normalized spacial score (nSPS) is 9.92. The first-order chi connectivity index (χ1) is 5.45. The summed E-state index contributed by atoms with van der Waals surface area (Å²) in [7, 11) is 0. The summed E-state index contributed by atoms with van der Waals surface area (Å²) in [5.74, 6) is -0.505. The van der Waals surface area contributed by atoms with Gasteiger partial charge in [-0.25, -0.2) is 0 Å². The van der Waals surface area contributed by atoms with Crippen molar-refractivity contribution >= 4 is 11.7 Å². The largest absolute Gasteiger partial charge is 0.366 e. The van der Waals surface area contributed by atoms with Crippen LogP contribution in [0.2, 0.25) is 0 Å². The van der Waals surface area contributed by atoms with Gasteiger partial charge in [-0.2, -0.15) is 0 Å². The summed E-state index contributed by atoms with van der Waals surface area (Å²) >= 11 is 0. The van der Waals surface area contributed by atoms with E-state index in [0.717, 1.165) is 6.42 Å². The van der Waals surface area contributed by atoms with Crippen LogP contribution in [-0.2, 0) is 9.59 Å². The van der Waals surface area contributed by atoms with Crippen LogP contribution in [0.25, 0.3) is 0 Å². The Labute approximate surface area is 72.6 Å². The summed E-state index contributed by atoms with van der Waals surface area (Å²) in [5, 5.41) is 0. The van der Waals surface area contributed by atoms with Crippen LogP contribution in [0.15, 0.2) is 12.2 Å². The summed E-state index contributed by atoms with van der Waals surface area (Å²) in [5.41, 5.74) is 4.80. The predicted molar refractivity (Wildman–Crippen MR) is 47.4 cm³/mol. The van der Waals surface area contributed by atoms with Crippen LogP contribution in [-0.4, -0.2) is 11.7 Å². The molecular weight excluding hydrogens is 154 g/mol. The van der Waals surface area contributed by atoms with Crippen molar-refractivity contribution in [1.82, 2.24) is 0 Å². The number of hydrogen-bond acceptors (Lipinski definition) is 2. The predicted octanol–water partition coefficient (Wildman–Crippen LogP) is 1.03. The molecule has 0 rings (SSSR count). The molecule has 0 spiro atoms. The Hall–Kier alpha value is -1.12. The van der Waals surface area contributed by atoms with Crippen LogP contribution in [0.4, 0.5) is 0 Å². The maximum absolute atomic E-state index is 11.1. The molecule has 0 aliphatic carbocycles. The summed E-state index contributed by atoms with van der Waals surface area (Å²) in [4.78, 5) is 21.6. The molecule has 3 nitrogen and oxygen atoms in total. The Bertz CT molecular complexity index is 207. The fourth-order valence-electron chi connectivity index (χ4n) is 0.708. The van der Waals surface area contributed by atoms with Crippen LogP contribution in [0.1, 0.15) is 26.7 Å². The van der Waals surface area contributed by atoms with Crippen molar-refractivity contribution in [3.63, 3.8) is 0 Å². The number of ketones is 1. The lowest BCUT2D eigenvalue weighted by molar-refractivity contribution is -0.121. The molecule has 12 heavy (non-hydrogen) atoms. The average molecular weight is 169 g/mol. The zero-order valence-electron chi connectivity index (χ0n) is 7.59. The Kier molecular flexibility index (Phi) is 4.26. The van der Waals surface area contributed by atoms with Gasteiger partial charge in [0.05, 0.1) is 5.57 Å². The van der Waals surface area contributed by atoms with Gasteiger partial charge in [0.25, 0.3) is 5.91 Å². The molecule has 0 aromatic heterocycles. The number of amides is 1. The number of rotatable bonds is 5. The molecule has 1 amide bonds. The molecule has 2 N–H and O–H groups in total. The molecule has 0 aromatic carbocycles. The van der Waals surface area contributed by atoms with Gasteiger partial charge in [-0.3, -0.25) is 9.59 Å². The molecular formula is C9H15NO2. The first-order valence-corrected chi connectivity index (χ1v) is 3.97. The van der Waals surface area contributed by atoms with Crippen LogP contribution in [0.3, 0.4) is 0 Å². The molecule has 0 atom stereocenters. The molecule has 0 heterocycles. The van der Waals surface area contributed by atoms with E-state index in [-0.39, 0.29) is 11.4 Å². The van der Waals surface area contributed by atoms with Gasteiger partial charge in [0.1, 0.15) is 0 Å². The lowest BCUT2D eigenvalue weighted by Crippen LogP contribution is -2.19. The number of carbonyl (C=O) groups excluding carboxylic acids is 2. The van der Waals surface area contributed by atoms with Crippen molar-refractivity contribution in [2.24, 2.45) is 11.7 Å². The highest BCUT2D eigenvalue weighted by atomic mass is 16.2. The second-order valence-electron chi connectivity index (χ2n) is 3.20. The molecule has 68 valence electrons. The van der Waals surface area contributed by atoms with Crippen LogP contribution < -0.4 is 5.73 Å². The molecule has 0 bridgehead atoms. The summed E-state index contributed by atoms with van der Waals surface area (Å²) in [6.07, 6.45) is 1.13. The lowest BCUT2D eigenvalue weighted by atomic mass is 10.0. The van der Waals surface area contributed by atoms with E-state index in [2.05, 4.69) is 6.58 Å². The average Bonchev–Trinajstić information content (AvgIpc) is 1.98. The Morgan fingerprint density at radius 2 is 1.92 bits per heavy atom. The molecule has 0 aromatic rings. The lowest BCUT2D eigenvalue weighted by Gasteiger charge is -2.03. The van der Waals surface area contributed by atoms with E-state index in [1.54, 1.807) is 0 Å². The number of hydrogen-bond donors (Lipinski definition) is 1. The molecule has 0 radical (unpaired) electrons. The van der Waals surface area contributed by atoms with Crippen molar-refractivity contribution in [3.05, 3.63) is 12.2 Å². The van der Waals surface area contributed by atoms with Gasteiger partial charge < -0.3 is 5.73 Å². The van der Waals surface area contributed by atoms with Crippen molar-refractivity contribution in [2.45, 2.75) is 26.7 Å². The van der Waals surface area contributed by atoms with Crippen LogP contribution in [0.5, 0.6) is 0 Å². The van der Waals surface area contributed by atoms with Gasteiger partial charge in [-0.05, 0) is 12.3 Å². The van der Waals surface area contributed by atoms with Gasteiger partial charge >= 0.3 is 0 Å². The zero-order chi connectivity index (χ0) is 9.72. The Balaban J connectivity index is 3.89. The minimum atomic E-state index is -0.719. The number of carbonyl (C=O) groups is 2. The van der Waals surface area contributed by atoms with Gasteiger partial charge in [0.15, 0.2) is 5.78 Å². The quantitative estimate of drug-likeness (QED) is 0.379. The first-order valence-electron chi connectivity index (χ1n) is 3.97. The second-order valence-corrected chi connectivity index (χ2v) is 3.20. The van der Waals surface area contributed by atoms with E-state index in [0.29, 0.717) is 12.3 Å². The van der Waals surface area contributed by atoms with E-state index in [9.17, 15) is 9.59 Å². The van der Waals surface area contributed by atoms with E-state index < -0.39 is 5.91 Å². The number of Topliss-reactive ketones (excluding diaryl/α,β-unsaturated/α-hetero) is 1. The van der Waals surface area contributed by atoms with E-state index >= 15 is 0 Å². The van der Waals surface area contributed by atoms with Crippen molar-refractivity contribution in [2.75, 3.05) is 0 Å². The molecule has 0 unspecified atom stereocenters. The fraction of sp³-hybridized carbons (Fsp3) is 0.556. The van der Waals surface area contributed by atoms with E-state index in [4.69, 9.17) is 5.73 Å². The fourth-order valence-corrected chi connectivity index (χ4v) is 0.708. The second kappa shape index (κ2) is 4.70. The van der Waals surface area contributed by atoms with Gasteiger partial charge in [-0.1, -0.05) is 20.4 Å². The highest BCUT2D eigenvalue weighted by Gasteiger charge is 2.12. The monoisotopic (exact) mass is 169 g/mol. The third-order valence-corrected chi connectivity index (χ3v) is 1.58. The molecule has 0 saturated carbocycles. The Morgan fingerprint density at radius 1 is 1.42 bits per heavy atom. The standard InChI is InChI=1S/C9H15NO2/c1-6(2)4-5-8(11)7(3)9(10)12/h6H,3-5H2,1-2H3,(H2,10,12). The summed E-state index contributed by atoms with van der Waals surface area (Å²) in [6, 6.07) is 0. The SMILES string of the molecule is C=C(C(N)=O)C(=O)CCC(C)C. The molecule has 0 saturated heterocycles. The van der Waals surface area contributed by atoms with Crippen molar-refractivity contribution in [3.8, 4) is 0 Å². The molecule has 3 heteroatoms. The molecule has 0 fully saturated rings. The maximum atomic E-state index is 11.1. The highest BCUT2D eigenvalue weighted by molar-refractivity contribution is 6.18. The smallest absolute Gasteiger partial charge is 0.251 e. The maximum Gasteiger partial charge on any atom is 0.251 e. The van der Waals surface area contributed by atoms with Gasteiger partial charge in [0.2, 0.25) is 0 Å². The minimum Gasteiger partial charge on any atom is -0.366 e. The third-order valence-electron chi connectivity index (χ3n) is 1.58. The van der Waals surface area contributed by atoms with Crippen molar-refractivity contribution in [1.29, 1.82) is 0 Å². The molecule has 0 aliphatic heterocycles. The van der Waals surface area contributed by atoms with Crippen molar-refractivity contribution < 1.29 is 9.59 Å². The van der Waals surface area contributed by atoms with Crippen LogP contribution in [0, 0.1) is 5.92 Å². The number of primary amides is 1.